The Bertz CT molecular complexity index is 533. The summed E-state index contributed by atoms with van der Waals surface area (Å²) in [4.78, 5) is 16.8. The highest BCUT2D eigenvalue weighted by Crippen LogP contribution is 2.27. The van der Waals surface area contributed by atoms with Crippen molar-refractivity contribution in [2.75, 3.05) is 21.1 Å². The van der Waals surface area contributed by atoms with Crippen LogP contribution in [-0.4, -0.2) is 48.9 Å². The molecule has 0 saturated heterocycles. The number of amides is 1. The minimum atomic E-state index is 0.136. The molecule has 0 aliphatic heterocycles. The summed E-state index contributed by atoms with van der Waals surface area (Å²) in [5.74, 6) is 0.136. The first-order valence-electron chi connectivity index (χ1n) is 7.76. The van der Waals surface area contributed by atoms with Crippen molar-refractivity contribution in [2.45, 2.75) is 44.2 Å². The number of nitrogens with zero attached hydrogens (tertiary/aromatic N) is 2. The van der Waals surface area contributed by atoms with Crippen LogP contribution in [0, 0.1) is 0 Å². The number of hydrogen-bond acceptors (Lipinski definition) is 2. The molecule has 2 rings (SSSR count). The summed E-state index contributed by atoms with van der Waals surface area (Å²) in [6.45, 7) is 0. The summed E-state index contributed by atoms with van der Waals surface area (Å²) in [5.41, 5.74) is 0.906. The third-order valence-electron chi connectivity index (χ3n) is 4.59. The van der Waals surface area contributed by atoms with Crippen LogP contribution < -0.4 is 0 Å². The summed E-state index contributed by atoms with van der Waals surface area (Å²) in [6.07, 6.45) is 5.03. The normalized spacial score (nSPS) is 21.9. The van der Waals surface area contributed by atoms with Crippen LogP contribution in [-0.2, 0) is 11.2 Å². The van der Waals surface area contributed by atoms with Crippen molar-refractivity contribution in [3.63, 3.8) is 0 Å². The summed E-state index contributed by atoms with van der Waals surface area (Å²) in [7, 11) is 6.12. The van der Waals surface area contributed by atoms with E-state index in [1.807, 2.05) is 18.0 Å². The quantitative estimate of drug-likeness (QED) is 0.829. The highest BCUT2D eigenvalue weighted by atomic mass is 35.5. The maximum absolute atomic E-state index is 12.6. The van der Waals surface area contributed by atoms with Crippen LogP contribution in [0.25, 0.3) is 0 Å². The molecular weight excluding hydrogens is 319 g/mol. The van der Waals surface area contributed by atoms with Crippen molar-refractivity contribution >= 4 is 29.1 Å². The Kier molecular flexibility index (Phi) is 6.13. The molecule has 1 aliphatic rings. The van der Waals surface area contributed by atoms with Gasteiger partial charge in [0.1, 0.15) is 0 Å². The molecule has 0 heterocycles. The molecule has 1 amide bonds. The summed E-state index contributed by atoms with van der Waals surface area (Å²) < 4.78 is 0. The molecule has 0 unspecified atom stereocenters. The van der Waals surface area contributed by atoms with E-state index in [2.05, 4.69) is 19.0 Å². The fourth-order valence-electron chi connectivity index (χ4n) is 3.28. The minimum Gasteiger partial charge on any atom is -0.341 e. The van der Waals surface area contributed by atoms with E-state index < -0.39 is 0 Å². The molecule has 0 radical (unpaired) electrons. The van der Waals surface area contributed by atoms with E-state index in [0.717, 1.165) is 18.4 Å². The van der Waals surface area contributed by atoms with Gasteiger partial charge in [-0.25, -0.2) is 0 Å². The first-order valence-corrected chi connectivity index (χ1v) is 8.51. The average molecular weight is 343 g/mol. The van der Waals surface area contributed by atoms with Crippen molar-refractivity contribution in [3.8, 4) is 0 Å². The smallest absolute Gasteiger partial charge is 0.227 e. The SMILES string of the molecule is CN(C)[C@@H]1CCCC[C@@H]1N(C)C(=O)Cc1ccc(Cl)c(Cl)c1. The van der Waals surface area contributed by atoms with Gasteiger partial charge < -0.3 is 9.80 Å². The Labute approximate surface area is 143 Å². The van der Waals surface area contributed by atoms with Crippen molar-refractivity contribution in [2.24, 2.45) is 0 Å². The molecule has 1 saturated carbocycles. The molecule has 0 aromatic heterocycles. The molecule has 1 aromatic carbocycles. The van der Waals surface area contributed by atoms with Gasteiger partial charge in [-0.3, -0.25) is 4.79 Å². The van der Waals surface area contributed by atoms with Gasteiger partial charge in [0, 0.05) is 19.1 Å². The number of hydrogen-bond donors (Lipinski definition) is 0. The molecule has 1 aliphatic carbocycles. The lowest BCUT2D eigenvalue weighted by molar-refractivity contribution is -0.133. The van der Waals surface area contributed by atoms with Gasteiger partial charge in [0.15, 0.2) is 0 Å². The third-order valence-corrected chi connectivity index (χ3v) is 5.33. The molecule has 22 heavy (non-hydrogen) atoms. The van der Waals surface area contributed by atoms with Gasteiger partial charge in [-0.1, -0.05) is 42.1 Å². The standard InChI is InChI=1S/C17H24Cl2N2O/c1-20(2)15-6-4-5-7-16(15)21(3)17(22)11-12-8-9-13(18)14(19)10-12/h8-10,15-16H,4-7,11H2,1-3H3/t15-,16+/m1/s1. The molecule has 122 valence electrons. The lowest BCUT2D eigenvalue weighted by Crippen LogP contribution is -2.52. The van der Waals surface area contributed by atoms with Crippen LogP contribution in [0.5, 0.6) is 0 Å². The summed E-state index contributed by atoms with van der Waals surface area (Å²) >= 11 is 11.9. The van der Waals surface area contributed by atoms with Gasteiger partial charge in [-0.15, -0.1) is 0 Å². The highest BCUT2D eigenvalue weighted by Gasteiger charge is 2.31. The average Bonchev–Trinajstić information content (AvgIpc) is 2.50. The Balaban J connectivity index is 2.05. The van der Waals surface area contributed by atoms with Gasteiger partial charge >= 0.3 is 0 Å². The lowest BCUT2D eigenvalue weighted by atomic mass is 9.88. The first-order chi connectivity index (χ1) is 10.4. The predicted octanol–water partition coefficient (Wildman–Crippen LogP) is 3.87. The Morgan fingerprint density at radius 1 is 1.09 bits per heavy atom. The fraction of sp³-hybridized carbons (Fsp3) is 0.588. The maximum atomic E-state index is 12.6. The van der Waals surface area contributed by atoms with Crippen molar-refractivity contribution < 1.29 is 4.79 Å². The monoisotopic (exact) mass is 342 g/mol. The molecule has 2 atom stereocenters. The Hall–Kier alpha value is -0.770. The van der Waals surface area contributed by atoms with E-state index in [-0.39, 0.29) is 5.91 Å². The van der Waals surface area contributed by atoms with E-state index in [1.54, 1.807) is 12.1 Å². The topological polar surface area (TPSA) is 23.6 Å². The van der Waals surface area contributed by atoms with Crippen LogP contribution in [0.2, 0.25) is 10.0 Å². The zero-order valence-corrected chi connectivity index (χ0v) is 15.0. The van der Waals surface area contributed by atoms with Gasteiger partial charge in [-0.05, 0) is 44.6 Å². The molecule has 0 bridgehead atoms. The number of likely N-dealkylation sites (N-methyl/N-ethyl adjacent to an activating group) is 2. The second-order valence-electron chi connectivity index (χ2n) is 6.31. The molecule has 0 N–H and O–H groups in total. The van der Waals surface area contributed by atoms with Crippen LogP contribution >= 0.6 is 23.2 Å². The zero-order chi connectivity index (χ0) is 16.3. The van der Waals surface area contributed by atoms with E-state index in [4.69, 9.17) is 23.2 Å². The van der Waals surface area contributed by atoms with Crippen molar-refractivity contribution in [1.29, 1.82) is 0 Å². The largest absolute Gasteiger partial charge is 0.341 e. The van der Waals surface area contributed by atoms with E-state index in [0.29, 0.717) is 28.5 Å². The third kappa shape index (κ3) is 4.15. The molecule has 1 fully saturated rings. The molecule has 0 spiro atoms. The Morgan fingerprint density at radius 3 is 2.32 bits per heavy atom. The van der Waals surface area contributed by atoms with E-state index in [9.17, 15) is 4.79 Å². The number of benzene rings is 1. The van der Waals surface area contributed by atoms with Crippen LogP contribution in [0.1, 0.15) is 31.2 Å². The van der Waals surface area contributed by atoms with Crippen molar-refractivity contribution in [1.82, 2.24) is 9.80 Å². The second kappa shape index (κ2) is 7.67. The van der Waals surface area contributed by atoms with Crippen molar-refractivity contribution in [3.05, 3.63) is 33.8 Å². The maximum Gasteiger partial charge on any atom is 0.227 e. The molecule has 3 nitrogen and oxygen atoms in total. The van der Waals surface area contributed by atoms with Crippen LogP contribution in [0.3, 0.4) is 0 Å². The number of halogens is 2. The van der Waals surface area contributed by atoms with Crippen LogP contribution in [0.4, 0.5) is 0 Å². The number of rotatable bonds is 4. The Morgan fingerprint density at radius 2 is 1.73 bits per heavy atom. The molecular formula is C17H24Cl2N2O. The zero-order valence-electron chi connectivity index (χ0n) is 13.5. The molecule has 1 aromatic rings. The summed E-state index contributed by atoms with van der Waals surface area (Å²) in [6, 6.07) is 6.12. The lowest BCUT2D eigenvalue weighted by Gasteiger charge is -2.41. The summed E-state index contributed by atoms with van der Waals surface area (Å²) in [5, 5.41) is 1.02. The van der Waals surface area contributed by atoms with E-state index in [1.165, 1.54) is 12.8 Å². The predicted molar refractivity (Wildman–Crippen MR) is 92.7 cm³/mol. The minimum absolute atomic E-state index is 0.136. The van der Waals surface area contributed by atoms with Gasteiger partial charge in [0.2, 0.25) is 5.91 Å². The number of carbonyl (C=O) groups is 1. The first kappa shape index (κ1) is 17.6. The molecule has 5 heteroatoms. The fourth-order valence-corrected chi connectivity index (χ4v) is 3.60. The van der Waals surface area contributed by atoms with Gasteiger partial charge in [0.05, 0.1) is 16.5 Å². The second-order valence-corrected chi connectivity index (χ2v) is 7.13. The highest BCUT2D eigenvalue weighted by molar-refractivity contribution is 6.42. The van der Waals surface area contributed by atoms with Gasteiger partial charge in [0.25, 0.3) is 0 Å². The van der Waals surface area contributed by atoms with Gasteiger partial charge in [-0.2, -0.15) is 0 Å². The number of carbonyl (C=O) groups excluding carboxylic acids is 1. The van der Waals surface area contributed by atoms with Crippen LogP contribution in [0.15, 0.2) is 18.2 Å². The van der Waals surface area contributed by atoms with E-state index >= 15 is 0 Å².